The van der Waals surface area contributed by atoms with Crippen LogP contribution >= 0.6 is 11.3 Å². The molecule has 0 aliphatic rings. The molecule has 0 aromatic carbocycles. The highest BCUT2D eigenvalue weighted by Gasteiger charge is 2.28. The van der Waals surface area contributed by atoms with Crippen LogP contribution in [0.3, 0.4) is 0 Å². The molecule has 0 amide bonds. The zero-order valence-corrected chi connectivity index (χ0v) is 14.7. The minimum absolute atomic E-state index is 0.671. The van der Waals surface area contributed by atoms with E-state index in [4.69, 9.17) is 4.42 Å². The Labute approximate surface area is 137 Å². The van der Waals surface area contributed by atoms with Crippen LogP contribution in [-0.4, -0.2) is 16.6 Å². The largest absolute Gasteiger partial charge is 0.462 e. The molecule has 2 rings (SSSR count). The average molecular weight is 321 g/mol. The first-order valence-corrected chi connectivity index (χ1v) is 9.10. The molecule has 0 aliphatic heterocycles. The molecule has 2 aromatic heterocycles. The molecule has 1 N–H and O–H groups in total. The van der Waals surface area contributed by atoms with Gasteiger partial charge in [0.1, 0.15) is 17.1 Å². The van der Waals surface area contributed by atoms with E-state index in [-0.39, 0.29) is 0 Å². The molecule has 0 atom stereocenters. The molecule has 0 unspecified atom stereocenters. The molecule has 22 heavy (non-hydrogen) atoms. The van der Waals surface area contributed by atoms with Gasteiger partial charge in [0.15, 0.2) is 0 Å². The molecule has 122 valence electrons. The van der Waals surface area contributed by atoms with Crippen LogP contribution < -0.4 is 0 Å². The molecule has 3 nitrogen and oxygen atoms in total. The van der Waals surface area contributed by atoms with Crippen LogP contribution in [0.2, 0.25) is 0 Å². The first-order chi connectivity index (χ1) is 10.6. The molecule has 0 saturated carbocycles. The number of furan rings is 1. The van der Waals surface area contributed by atoms with E-state index in [0.717, 1.165) is 31.8 Å². The van der Waals surface area contributed by atoms with Crippen LogP contribution in [0.1, 0.15) is 57.1 Å². The van der Waals surface area contributed by atoms with Gasteiger partial charge in [-0.3, -0.25) is 4.90 Å². The summed E-state index contributed by atoms with van der Waals surface area (Å²) in [5.74, 6) is 1.62. The van der Waals surface area contributed by atoms with Gasteiger partial charge in [0.25, 0.3) is 0 Å². The Morgan fingerprint density at radius 3 is 2.50 bits per heavy atom. The van der Waals surface area contributed by atoms with Gasteiger partial charge in [-0.1, -0.05) is 20.8 Å². The fourth-order valence-electron chi connectivity index (χ4n) is 2.70. The number of thiophene rings is 1. The monoisotopic (exact) mass is 321 g/mol. The van der Waals surface area contributed by atoms with Gasteiger partial charge >= 0.3 is 0 Å². The highest BCUT2D eigenvalue weighted by Crippen LogP contribution is 2.30. The van der Waals surface area contributed by atoms with Gasteiger partial charge in [0, 0.05) is 6.54 Å². The maximum Gasteiger partial charge on any atom is 0.135 e. The highest BCUT2D eigenvalue weighted by molar-refractivity contribution is 7.07. The van der Waals surface area contributed by atoms with Crippen LogP contribution in [0.5, 0.6) is 0 Å². The maximum absolute atomic E-state index is 10.6. The summed E-state index contributed by atoms with van der Waals surface area (Å²) in [4.78, 5) is 2.39. The Bertz CT molecular complexity index is 543. The van der Waals surface area contributed by atoms with E-state index in [2.05, 4.69) is 28.7 Å². The minimum Gasteiger partial charge on any atom is -0.462 e. The van der Waals surface area contributed by atoms with Crippen molar-refractivity contribution in [2.45, 2.75) is 58.7 Å². The van der Waals surface area contributed by atoms with Crippen LogP contribution in [0, 0.1) is 0 Å². The van der Waals surface area contributed by atoms with Crippen LogP contribution in [-0.2, 0) is 18.7 Å². The Morgan fingerprint density at radius 1 is 1.14 bits per heavy atom. The molecule has 2 aromatic rings. The number of aliphatic hydroxyl groups is 1. The van der Waals surface area contributed by atoms with Gasteiger partial charge < -0.3 is 9.52 Å². The third-order valence-electron chi connectivity index (χ3n) is 4.20. The van der Waals surface area contributed by atoms with Crippen molar-refractivity contribution >= 4 is 11.3 Å². The van der Waals surface area contributed by atoms with Crippen molar-refractivity contribution in [2.24, 2.45) is 0 Å². The molecule has 0 radical (unpaired) electrons. The van der Waals surface area contributed by atoms with Crippen molar-refractivity contribution in [3.63, 3.8) is 0 Å². The number of rotatable bonds is 9. The summed E-state index contributed by atoms with van der Waals surface area (Å²) in [6, 6.07) is 6.10. The van der Waals surface area contributed by atoms with Crippen LogP contribution in [0.15, 0.2) is 33.4 Å². The normalized spacial score (nSPS) is 12.2. The Hall–Kier alpha value is -1.10. The molecule has 0 bridgehead atoms. The maximum atomic E-state index is 10.6. The first-order valence-electron chi connectivity index (χ1n) is 8.16. The van der Waals surface area contributed by atoms with E-state index in [0.29, 0.717) is 18.6 Å². The summed E-state index contributed by atoms with van der Waals surface area (Å²) in [7, 11) is 0. The molecule has 0 saturated heterocycles. The number of hydrogen-bond donors (Lipinski definition) is 1. The van der Waals surface area contributed by atoms with E-state index in [1.54, 1.807) is 11.3 Å². The first kappa shape index (κ1) is 17.3. The van der Waals surface area contributed by atoms with E-state index in [1.807, 2.05) is 26.0 Å². The lowest BCUT2D eigenvalue weighted by Gasteiger charge is -2.23. The second-order valence-electron chi connectivity index (χ2n) is 5.85. The smallest absolute Gasteiger partial charge is 0.135 e. The van der Waals surface area contributed by atoms with Crippen molar-refractivity contribution < 1.29 is 9.52 Å². The number of nitrogens with zero attached hydrogens (tertiary/aromatic N) is 1. The zero-order valence-electron chi connectivity index (χ0n) is 13.8. The quantitative estimate of drug-likeness (QED) is 0.723. The standard InChI is InChI=1S/C18H27NO2S/c1-4-10-19(12-15-9-11-22-14-15)13-16-7-8-17(21-16)18(20,5-2)6-3/h7-9,11,14,20H,4-6,10,12-13H2,1-3H3. The Kier molecular flexibility index (Phi) is 6.24. The van der Waals surface area contributed by atoms with Gasteiger partial charge in [0.2, 0.25) is 0 Å². The molecule has 4 heteroatoms. The van der Waals surface area contributed by atoms with Crippen LogP contribution in [0.4, 0.5) is 0 Å². The highest BCUT2D eigenvalue weighted by atomic mass is 32.1. The lowest BCUT2D eigenvalue weighted by Crippen LogP contribution is -2.24. The second-order valence-corrected chi connectivity index (χ2v) is 6.63. The lowest BCUT2D eigenvalue weighted by molar-refractivity contribution is 0.00520. The van der Waals surface area contributed by atoms with Crippen molar-refractivity contribution in [3.05, 3.63) is 46.0 Å². The lowest BCUT2D eigenvalue weighted by atomic mass is 9.95. The molecule has 0 aliphatic carbocycles. The Morgan fingerprint density at radius 2 is 1.91 bits per heavy atom. The van der Waals surface area contributed by atoms with Gasteiger partial charge in [-0.05, 0) is 60.3 Å². The summed E-state index contributed by atoms with van der Waals surface area (Å²) >= 11 is 1.74. The molecular weight excluding hydrogens is 294 g/mol. The summed E-state index contributed by atoms with van der Waals surface area (Å²) < 4.78 is 5.94. The van der Waals surface area contributed by atoms with E-state index in [1.165, 1.54) is 5.56 Å². The van der Waals surface area contributed by atoms with E-state index < -0.39 is 5.60 Å². The van der Waals surface area contributed by atoms with Gasteiger partial charge in [-0.2, -0.15) is 11.3 Å². The summed E-state index contributed by atoms with van der Waals surface area (Å²) in [5, 5.41) is 14.9. The Balaban J connectivity index is 2.05. The van der Waals surface area contributed by atoms with Crippen molar-refractivity contribution in [1.29, 1.82) is 0 Å². The third kappa shape index (κ3) is 4.22. The van der Waals surface area contributed by atoms with Crippen molar-refractivity contribution in [3.8, 4) is 0 Å². The SMILES string of the molecule is CCCN(Cc1ccsc1)Cc1ccc(C(O)(CC)CC)o1. The van der Waals surface area contributed by atoms with Gasteiger partial charge in [-0.15, -0.1) is 0 Å². The third-order valence-corrected chi connectivity index (χ3v) is 4.93. The second kappa shape index (κ2) is 7.95. The fourth-order valence-corrected chi connectivity index (χ4v) is 3.36. The topological polar surface area (TPSA) is 36.6 Å². The molecule has 0 spiro atoms. The number of hydrogen-bond acceptors (Lipinski definition) is 4. The summed E-state index contributed by atoms with van der Waals surface area (Å²) in [5.41, 5.74) is 0.519. The zero-order chi connectivity index (χ0) is 16.0. The van der Waals surface area contributed by atoms with Gasteiger partial charge in [-0.25, -0.2) is 0 Å². The predicted octanol–water partition coefficient (Wildman–Crippen LogP) is 4.76. The average Bonchev–Trinajstić information content (AvgIpc) is 3.19. The minimum atomic E-state index is -0.832. The fraction of sp³-hybridized carbons (Fsp3) is 0.556. The molecule has 0 fully saturated rings. The molecular formula is C18H27NO2S. The van der Waals surface area contributed by atoms with E-state index in [9.17, 15) is 5.11 Å². The summed E-state index contributed by atoms with van der Waals surface area (Å²) in [6.07, 6.45) is 2.46. The van der Waals surface area contributed by atoms with Crippen LogP contribution in [0.25, 0.3) is 0 Å². The van der Waals surface area contributed by atoms with Crippen molar-refractivity contribution in [2.75, 3.05) is 6.54 Å². The summed E-state index contributed by atoms with van der Waals surface area (Å²) in [6.45, 7) is 8.95. The predicted molar refractivity (Wildman–Crippen MR) is 91.9 cm³/mol. The van der Waals surface area contributed by atoms with Crippen molar-refractivity contribution in [1.82, 2.24) is 4.90 Å². The molecule has 2 heterocycles. The van der Waals surface area contributed by atoms with Gasteiger partial charge in [0.05, 0.1) is 6.54 Å². The van der Waals surface area contributed by atoms with E-state index >= 15 is 0 Å².